The first kappa shape index (κ1) is 11.7. The van der Waals surface area contributed by atoms with Crippen molar-refractivity contribution in [2.24, 2.45) is 0 Å². The van der Waals surface area contributed by atoms with Crippen LogP contribution in [0.3, 0.4) is 0 Å². The third-order valence-corrected chi connectivity index (χ3v) is 2.23. The third-order valence-electron chi connectivity index (χ3n) is 2.23. The van der Waals surface area contributed by atoms with Gasteiger partial charge in [0, 0.05) is 0 Å². The fraction of sp³-hybridized carbons (Fsp3) is 0.800. The van der Waals surface area contributed by atoms with Crippen molar-refractivity contribution in [2.75, 3.05) is 0 Å². The van der Waals surface area contributed by atoms with Gasteiger partial charge in [-0.2, -0.15) is 0 Å². The molecule has 0 aliphatic carbocycles. The molecule has 0 aromatic carbocycles. The molecule has 2 N–H and O–H groups in total. The number of hydrogen-bond donors (Lipinski definition) is 2. The van der Waals surface area contributed by atoms with E-state index in [9.17, 15) is 10.2 Å². The Morgan fingerprint density at radius 3 is 1.33 bits per heavy atom. The van der Waals surface area contributed by atoms with E-state index in [1.165, 1.54) is 0 Å². The summed E-state index contributed by atoms with van der Waals surface area (Å²) in [5.41, 5.74) is -1.58. The van der Waals surface area contributed by atoms with Gasteiger partial charge < -0.3 is 10.2 Å². The van der Waals surface area contributed by atoms with E-state index in [1.807, 2.05) is 13.8 Å². The van der Waals surface area contributed by atoms with Gasteiger partial charge in [0.1, 0.15) is 0 Å². The molecular formula is C10H20O2. The van der Waals surface area contributed by atoms with Crippen LogP contribution in [0.25, 0.3) is 0 Å². The van der Waals surface area contributed by atoms with Gasteiger partial charge in [-0.3, -0.25) is 0 Å². The van der Waals surface area contributed by atoms with E-state index in [0.717, 1.165) is 0 Å². The second kappa shape index (κ2) is 4.06. The lowest BCUT2D eigenvalue weighted by Crippen LogP contribution is -2.24. The minimum Gasteiger partial charge on any atom is -0.386 e. The van der Waals surface area contributed by atoms with E-state index in [0.29, 0.717) is 12.8 Å². The van der Waals surface area contributed by atoms with E-state index in [-0.39, 0.29) is 0 Å². The molecule has 0 radical (unpaired) electrons. The van der Waals surface area contributed by atoms with Gasteiger partial charge in [-0.05, 0) is 26.7 Å². The Morgan fingerprint density at radius 1 is 0.917 bits per heavy atom. The maximum atomic E-state index is 9.58. The molecule has 0 bridgehead atoms. The summed E-state index contributed by atoms with van der Waals surface area (Å²) in [5.74, 6) is 0. The van der Waals surface area contributed by atoms with Gasteiger partial charge in [-0.25, -0.2) is 0 Å². The molecule has 0 saturated heterocycles. The second-order valence-electron chi connectivity index (χ2n) is 3.75. The molecule has 0 aromatic rings. The maximum absolute atomic E-state index is 9.58. The molecule has 2 heteroatoms. The maximum Gasteiger partial charge on any atom is 0.0798 e. The van der Waals surface area contributed by atoms with Crippen molar-refractivity contribution in [1.82, 2.24) is 0 Å². The summed E-state index contributed by atoms with van der Waals surface area (Å²) in [6.07, 6.45) is 4.64. The van der Waals surface area contributed by atoms with Crippen molar-refractivity contribution in [2.45, 2.75) is 51.7 Å². The van der Waals surface area contributed by atoms with Gasteiger partial charge in [-0.1, -0.05) is 26.0 Å². The van der Waals surface area contributed by atoms with Crippen LogP contribution in [0.4, 0.5) is 0 Å². The van der Waals surface area contributed by atoms with Crippen LogP contribution in [-0.4, -0.2) is 21.4 Å². The van der Waals surface area contributed by atoms with Crippen LogP contribution in [0.5, 0.6) is 0 Å². The Hall–Kier alpha value is -0.340. The van der Waals surface area contributed by atoms with Crippen molar-refractivity contribution in [3.63, 3.8) is 0 Å². The molecule has 0 fully saturated rings. The van der Waals surface area contributed by atoms with Crippen molar-refractivity contribution in [3.8, 4) is 0 Å². The molecule has 2 atom stereocenters. The molecule has 0 aromatic heterocycles. The number of aliphatic hydroxyl groups is 2. The summed E-state index contributed by atoms with van der Waals surface area (Å²) in [5, 5.41) is 19.2. The molecule has 2 unspecified atom stereocenters. The monoisotopic (exact) mass is 172 g/mol. The molecule has 0 amide bonds. The quantitative estimate of drug-likeness (QED) is 0.635. The van der Waals surface area contributed by atoms with Crippen molar-refractivity contribution < 1.29 is 10.2 Å². The van der Waals surface area contributed by atoms with E-state index in [2.05, 4.69) is 0 Å². The Balaban J connectivity index is 4.23. The van der Waals surface area contributed by atoms with Crippen LogP contribution >= 0.6 is 0 Å². The lowest BCUT2D eigenvalue weighted by atomic mass is 9.97. The molecule has 0 heterocycles. The molecule has 0 rings (SSSR count). The van der Waals surface area contributed by atoms with Gasteiger partial charge in [0.2, 0.25) is 0 Å². The summed E-state index contributed by atoms with van der Waals surface area (Å²) >= 11 is 0. The first-order valence-corrected chi connectivity index (χ1v) is 4.48. The average molecular weight is 172 g/mol. The SMILES string of the molecule is CCC(C)(O)C=CC(C)(O)CC. The zero-order chi connectivity index (χ0) is 9.83. The van der Waals surface area contributed by atoms with Crippen LogP contribution in [0, 0.1) is 0 Å². The average Bonchev–Trinajstić information content (AvgIpc) is 2.02. The summed E-state index contributed by atoms with van der Waals surface area (Å²) in [4.78, 5) is 0. The Labute approximate surface area is 74.9 Å². The van der Waals surface area contributed by atoms with Gasteiger partial charge >= 0.3 is 0 Å². The van der Waals surface area contributed by atoms with E-state index >= 15 is 0 Å². The minimum atomic E-state index is -0.792. The molecule has 72 valence electrons. The van der Waals surface area contributed by atoms with Crippen LogP contribution in [0.2, 0.25) is 0 Å². The lowest BCUT2D eigenvalue weighted by Gasteiger charge is -2.20. The van der Waals surface area contributed by atoms with E-state index in [1.54, 1.807) is 26.0 Å². The van der Waals surface area contributed by atoms with Crippen molar-refractivity contribution in [1.29, 1.82) is 0 Å². The van der Waals surface area contributed by atoms with E-state index < -0.39 is 11.2 Å². The van der Waals surface area contributed by atoms with Crippen LogP contribution in [-0.2, 0) is 0 Å². The molecule has 0 saturated carbocycles. The predicted octanol–water partition coefficient (Wildman–Crippen LogP) is 1.86. The molecular weight excluding hydrogens is 152 g/mol. The standard InChI is InChI=1S/C10H20O2/c1-5-9(3,11)7-8-10(4,12)6-2/h7-8,11-12H,5-6H2,1-4H3. The molecule has 2 nitrogen and oxygen atoms in total. The highest BCUT2D eigenvalue weighted by Crippen LogP contribution is 2.15. The van der Waals surface area contributed by atoms with Crippen molar-refractivity contribution in [3.05, 3.63) is 12.2 Å². The van der Waals surface area contributed by atoms with Crippen LogP contribution in [0.1, 0.15) is 40.5 Å². The highest BCUT2D eigenvalue weighted by molar-refractivity contribution is 5.05. The second-order valence-corrected chi connectivity index (χ2v) is 3.75. The normalized spacial score (nSPS) is 22.2. The van der Waals surface area contributed by atoms with Crippen molar-refractivity contribution >= 4 is 0 Å². The molecule has 12 heavy (non-hydrogen) atoms. The van der Waals surface area contributed by atoms with E-state index in [4.69, 9.17) is 0 Å². The fourth-order valence-electron chi connectivity index (χ4n) is 0.595. The zero-order valence-electron chi connectivity index (χ0n) is 8.46. The number of hydrogen-bond acceptors (Lipinski definition) is 2. The Bertz CT molecular complexity index is 139. The highest BCUT2D eigenvalue weighted by Gasteiger charge is 2.17. The fourth-order valence-corrected chi connectivity index (χ4v) is 0.595. The lowest BCUT2D eigenvalue weighted by molar-refractivity contribution is 0.0893. The Morgan fingerprint density at radius 2 is 1.17 bits per heavy atom. The summed E-state index contributed by atoms with van der Waals surface area (Å²) < 4.78 is 0. The largest absolute Gasteiger partial charge is 0.386 e. The van der Waals surface area contributed by atoms with Crippen LogP contribution in [0.15, 0.2) is 12.2 Å². The van der Waals surface area contributed by atoms with Gasteiger partial charge in [0.25, 0.3) is 0 Å². The predicted molar refractivity (Wildman–Crippen MR) is 51.0 cm³/mol. The van der Waals surface area contributed by atoms with Gasteiger partial charge in [0.15, 0.2) is 0 Å². The molecule has 0 aliphatic heterocycles. The Kier molecular flexibility index (Phi) is 3.94. The summed E-state index contributed by atoms with van der Waals surface area (Å²) in [6.45, 7) is 7.28. The first-order chi connectivity index (χ1) is 5.33. The number of rotatable bonds is 4. The molecule has 0 spiro atoms. The zero-order valence-corrected chi connectivity index (χ0v) is 8.46. The topological polar surface area (TPSA) is 40.5 Å². The van der Waals surface area contributed by atoms with Crippen LogP contribution < -0.4 is 0 Å². The smallest absolute Gasteiger partial charge is 0.0798 e. The highest BCUT2D eigenvalue weighted by atomic mass is 16.3. The summed E-state index contributed by atoms with van der Waals surface area (Å²) in [6, 6.07) is 0. The third kappa shape index (κ3) is 4.52. The minimum absolute atomic E-state index is 0.656. The molecule has 0 aliphatic rings. The summed E-state index contributed by atoms with van der Waals surface area (Å²) in [7, 11) is 0. The first-order valence-electron chi connectivity index (χ1n) is 4.48. The van der Waals surface area contributed by atoms with Gasteiger partial charge in [-0.15, -0.1) is 0 Å². The van der Waals surface area contributed by atoms with Gasteiger partial charge in [0.05, 0.1) is 11.2 Å².